The Morgan fingerprint density at radius 2 is 1.59 bits per heavy atom. The lowest BCUT2D eigenvalue weighted by atomic mass is 10.0. The van der Waals surface area contributed by atoms with Crippen molar-refractivity contribution in [3.05, 3.63) is 76.9 Å². The molecule has 3 rings (SSSR count). The molecule has 2 atom stereocenters. The predicted octanol–water partition coefficient (Wildman–Crippen LogP) is 3.65. The first-order chi connectivity index (χ1) is 15.0. The number of benzene rings is 2. The number of carbonyl (C=O) groups is 1. The molecule has 0 aliphatic rings. The highest BCUT2D eigenvalue weighted by Crippen LogP contribution is 2.26. The molecular weight excluding hydrogens is 424 g/mol. The minimum Gasteiger partial charge on any atom is -0.348 e. The number of carbonyl (C=O) groups excluding carboxylic acids is 1. The number of nitrogens with zero attached hydrogens (tertiary/aromatic N) is 2. The van der Waals surface area contributed by atoms with E-state index in [1.807, 2.05) is 61.9 Å². The van der Waals surface area contributed by atoms with E-state index in [1.54, 1.807) is 33.3 Å². The van der Waals surface area contributed by atoms with Crippen molar-refractivity contribution in [2.24, 2.45) is 0 Å². The number of hydrogen-bond donors (Lipinski definition) is 2. The summed E-state index contributed by atoms with van der Waals surface area (Å²) in [7, 11) is -3.86. The Kier molecular flexibility index (Phi) is 6.85. The van der Waals surface area contributed by atoms with Gasteiger partial charge in [-0.3, -0.25) is 4.79 Å². The Balaban J connectivity index is 1.71. The van der Waals surface area contributed by atoms with E-state index in [-0.39, 0.29) is 16.8 Å². The van der Waals surface area contributed by atoms with E-state index in [1.165, 1.54) is 0 Å². The fraction of sp³-hybridized carbons (Fsp3) is 0.333. The summed E-state index contributed by atoms with van der Waals surface area (Å²) in [5, 5.41) is 2.89. The maximum atomic E-state index is 13.1. The van der Waals surface area contributed by atoms with Crippen LogP contribution < -0.4 is 10.0 Å². The van der Waals surface area contributed by atoms with Crippen molar-refractivity contribution in [3.8, 4) is 5.69 Å². The van der Waals surface area contributed by atoms with Crippen LogP contribution in [0.5, 0.6) is 0 Å². The van der Waals surface area contributed by atoms with Crippen LogP contribution in [0.1, 0.15) is 47.7 Å². The topological polar surface area (TPSA) is 93.1 Å². The Hall–Kier alpha value is -2.97. The van der Waals surface area contributed by atoms with Crippen LogP contribution in [0.25, 0.3) is 5.69 Å². The van der Waals surface area contributed by atoms with Gasteiger partial charge in [0.15, 0.2) is 0 Å². The fourth-order valence-electron chi connectivity index (χ4n) is 3.70. The molecule has 0 fully saturated rings. The highest BCUT2D eigenvalue weighted by molar-refractivity contribution is 7.89. The second-order valence-electron chi connectivity index (χ2n) is 8.22. The first kappa shape index (κ1) is 23.7. The first-order valence-electron chi connectivity index (χ1n) is 10.5. The van der Waals surface area contributed by atoms with Gasteiger partial charge in [-0.2, -0.15) is 4.72 Å². The monoisotopic (exact) mass is 454 g/mol. The molecule has 0 saturated heterocycles. The zero-order chi connectivity index (χ0) is 23.6. The van der Waals surface area contributed by atoms with E-state index >= 15 is 0 Å². The van der Waals surface area contributed by atoms with Gasteiger partial charge in [0.2, 0.25) is 15.9 Å². The molecule has 0 spiro atoms. The third kappa shape index (κ3) is 4.92. The Labute approximate surface area is 189 Å². The number of rotatable bonds is 7. The molecule has 0 unspecified atom stereocenters. The number of nitrogens with one attached hydrogen (secondary N) is 2. The predicted molar refractivity (Wildman–Crippen MR) is 125 cm³/mol. The maximum absolute atomic E-state index is 13.1. The van der Waals surface area contributed by atoms with Crippen molar-refractivity contribution in [2.45, 2.75) is 58.5 Å². The summed E-state index contributed by atoms with van der Waals surface area (Å²) in [6, 6.07) is 8.51. The van der Waals surface area contributed by atoms with Gasteiger partial charge in [-0.15, -0.1) is 0 Å². The lowest BCUT2D eigenvalue weighted by Gasteiger charge is -2.21. The van der Waals surface area contributed by atoms with Gasteiger partial charge >= 0.3 is 0 Å². The molecule has 7 nitrogen and oxygen atoms in total. The highest BCUT2D eigenvalue weighted by atomic mass is 32.2. The van der Waals surface area contributed by atoms with Gasteiger partial charge in [0, 0.05) is 18.1 Å². The average molecular weight is 455 g/mol. The second-order valence-corrected chi connectivity index (χ2v) is 9.88. The summed E-state index contributed by atoms with van der Waals surface area (Å²) >= 11 is 0. The molecule has 2 aromatic carbocycles. The molecule has 0 aliphatic heterocycles. The van der Waals surface area contributed by atoms with Crippen molar-refractivity contribution in [3.63, 3.8) is 0 Å². The van der Waals surface area contributed by atoms with E-state index < -0.39 is 16.1 Å². The molecule has 32 heavy (non-hydrogen) atoms. The number of amides is 1. The second kappa shape index (κ2) is 9.26. The molecular formula is C24H30N4O3S. The summed E-state index contributed by atoms with van der Waals surface area (Å²) in [5.41, 5.74) is 5.07. The molecule has 0 saturated carbocycles. The molecule has 3 aromatic rings. The molecule has 1 amide bonds. The Morgan fingerprint density at radius 3 is 2.12 bits per heavy atom. The van der Waals surface area contributed by atoms with Gasteiger partial charge in [0.05, 0.1) is 23.3 Å². The molecule has 1 heterocycles. The average Bonchev–Trinajstić information content (AvgIpc) is 3.27. The summed E-state index contributed by atoms with van der Waals surface area (Å²) in [5.74, 6) is -0.389. The summed E-state index contributed by atoms with van der Waals surface area (Å²) in [6.45, 7) is 10.8. The van der Waals surface area contributed by atoms with Crippen LogP contribution in [0.2, 0.25) is 0 Å². The third-order valence-corrected chi connectivity index (χ3v) is 7.66. The SMILES string of the molecule is Cc1cc(C)c(C)c(S(=O)(=O)N[C@@H](C)C(=O)N[C@H](C)c2ccc(-n3ccnc3)cc2)c1C. The van der Waals surface area contributed by atoms with Gasteiger partial charge in [0.1, 0.15) is 0 Å². The standard InChI is InChI=1S/C24H30N4O3S/c1-15-13-16(2)18(4)23(17(15)3)32(30,31)27-20(6)24(29)26-19(5)21-7-9-22(10-8-21)28-12-11-25-14-28/h7-14,19-20,27H,1-6H3,(H,26,29)/t19-,20+/m1/s1. The zero-order valence-corrected chi connectivity index (χ0v) is 20.1. The molecule has 2 N–H and O–H groups in total. The van der Waals surface area contributed by atoms with E-state index in [2.05, 4.69) is 15.0 Å². The lowest BCUT2D eigenvalue weighted by molar-refractivity contribution is -0.123. The number of aromatic nitrogens is 2. The highest BCUT2D eigenvalue weighted by Gasteiger charge is 2.27. The van der Waals surface area contributed by atoms with E-state index in [9.17, 15) is 13.2 Å². The van der Waals surface area contributed by atoms with Gasteiger partial charge < -0.3 is 9.88 Å². The zero-order valence-electron chi connectivity index (χ0n) is 19.3. The summed E-state index contributed by atoms with van der Waals surface area (Å²) < 4.78 is 30.6. The molecule has 170 valence electrons. The molecule has 1 aromatic heterocycles. The lowest BCUT2D eigenvalue weighted by Crippen LogP contribution is -2.45. The number of imidazole rings is 1. The quantitative estimate of drug-likeness (QED) is 0.570. The molecule has 8 heteroatoms. The van der Waals surface area contributed by atoms with Gasteiger partial charge in [-0.25, -0.2) is 13.4 Å². The largest absolute Gasteiger partial charge is 0.348 e. The smallest absolute Gasteiger partial charge is 0.241 e. The maximum Gasteiger partial charge on any atom is 0.241 e. The Bertz CT molecular complexity index is 1190. The van der Waals surface area contributed by atoms with Gasteiger partial charge in [-0.05, 0) is 81.5 Å². The van der Waals surface area contributed by atoms with Crippen molar-refractivity contribution in [2.75, 3.05) is 0 Å². The van der Waals surface area contributed by atoms with Crippen LogP contribution in [-0.2, 0) is 14.8 Å². The van der Waals surface area contributed by atoms with Crippen LogP contribution >= 0.6 is 0 Å². The van der Waals surface area contributed by atoms with Crippen molar-refractivity contribution in [1.29, 1.82) is 0 Å². The number of sulfonamides is 1. The van der Waals surface area contributed by atoms with Crippen LogP contribution in [0.4, 0.5) is 0 Å². The fourth-order valence-corrected chi connectivity index (χ4v) is 5.52. The van der Waals surface area contributed by atoms with E-state index in [4.69, 9.17) is 0 Å². The minimum atomic E-state index is -3.86. The minimum absolute atomic E-state index is 0.248. The molecule has 0 radical (unpaired) electrons. The van der Waals surface area contributed by atoms with Crippen LogP contribution in [0.3, 0.4) is 0 Å². The third-order valence-electron chi connectivity index (χ3n) is 5.85. The van der Waals surface area contributed by atoms with Gasteiger partial charge in [0.25, 0.3) is 0 Å². The summed E-state index contributed by atoms with van der Waals surface area (Å²) in [6.07, 6.45) is 5.28. The summed E-state index contributed by atoms with van der Waals surface area (Å²) in [4.78, 5) is 17.0. The van der Waals surface area contributed by atoms with Crippen LogP contribution in [0, 0.1) is 27.7 Å². The molecule has 0 aliphatic carbocycles. The number of hydrogen-bond acceptors (Lipinski definition) is 4. The normalized spacial score (nSPS) is 13.6. The van der Waals surface area contributed by atoms with Crippen LogP contribution in [0.15, 0.2) is 53.9 Å². The van der Waals surface area contributed by atoms with Gasteiger partial charge in [-0.1, -0.05) is 18.2 Å². The van der Waals surface area contributed by atoms with Crippen molar-refractivity contribution >= 4 is 15.9 Å². The Morgan fingerprint density at radius 1 is 1.00 bits per heavy atom. The van der Waals surface area contributed by atoms with E-state index in [0.29, 0.717) is 11.1 Å². The molecule has 0 bridgehead atoms. The first-order valence-corrected chi connectivity index (χ1v) is 12.0. The van der Waals surface area contributed by atoms with Crippen molar-refractivity contribution < 1.29 is 13.2 Å². The number of aryl methyl sites for hydroxylation is 2. The van der Waals surface area contributed by atoms with Crippen LogP contribution in [-0.4, -0.2) is 29.9 Å². The van der Waals surface area contributed by atoms with E-state index in [0.717, 1.165) is 22.4 Å². The van der Waals surface area contributed by atoms with Crippen molar-refractivity contribution in [1.82, 2.24) is 19.6 Å².